The number of carbonyl (C=O) groups excluding carboxylic acids is 1. The minimum Gasteiger partial charge on any atom is -0.395 e. The maximum atomic E-state index is 13.7. The number of benzene rings is 3. The van der Waals surface area contributed by atoms with Gasteiger partial charge in [0.05, 0.1) is 0 Å². The topological polar surface area (TPSA) is 26.3 Å². The van der Waals surface area contributed by atoms with Crippen molar-refractivity contribution in [1.82, 2.24) is 0 Å². The standard InChI is InChI=1S/C32H35F3O2S/c33-32(34,35)31(36)37-38(28-14-8-3-9-15-28,29-20-16-26(17-21-29)24-10-4-1-5-11-24)30-22-18-27(19-23-30)25-12-6-2-7-13-25/h3,8-9,14-25H,1-2,4-7,10-13H2. The molecule has 202 valence electrons. The highest BCUT2D eigenvalue weighted by atomic mass is 32.3. The molecular weight excluding hydrogens is 505 g/mol. The van der Waals surface area contributed by atoms with Crippen LogP contribution in [0.3, 0.4) is 0 Å². The summed E-state index contributed by atoms with van der Waals surface area (Å²) in [6.45, 7) is 0. The Morgan fingerprint density at radius 2 is 1.00 bits per heavy atom. The maximum absolute atomic E-state index is 13.7. The first-order chi connectivity index (χ1) is 18.4. The molecule has 0 aliphatic heterocycles. The lowest BCUT2D eigenvalue weighted by molar-refractivity contribution is -0.188. The van der Waals surface area contributed by atoms with Crippen LogP contribution in [0.5, 0.6) is 0 Å². The van der Waals surface area contributed by atoms with Gasteiger partial charge in [-0.05, 0) is 95.4 Å². The van der Waals surface area contributed by atoms with Crippen molar-refractivity contribution in [2.45, 2.75) is 96.9 Å². The van der Waals surface area contributed by atoms with Gasteiger partial charge in [0.25, 0.3) is 0 Å². The molecule has 0 bridgehead atoms. The van der Waals surface area contributed by atoms with Crippen molar-refractivity contribution in [3.05, 3.63) is 90.0 Å². The summed E-state index contributed by atoms with van der Waals surface area (Å²) < 4.78 is 46.7. The number of halogens is 3. The van der Waals surface area contributed by atoms with Gasteiger partial charge in [-0.2, -0.15) is 13.2 Å². The highest BCUT2D eigenvalue weighted by Gasteiger charge is 2.47. The largest absolute Gasteiger partial charge is 0.491 e. The zero-order valence-electron chi connectivity index (χ0n) is 21.6. The Morgan fingerprint density at radius 3 is 1.39 bits per heavy atom. The van der Waals surface area contributed by atoms with Crippen LogP contribution in [0, 0.1) is 0 Å². The summed E-state index contributed by atoms with van der Waals surface area (Å²) in [5.41, 5.74) is 2.40. The molecule has 0 radical (unpaired) electrons. The second-order valence-electron chi connectivity index (χ2n) is 10.5. The fourth-order valence-corrected chi connectivity index (χ4v) is 9.07. The molecule has 38 heavy (non-hydrogen) atoms. The highest BCUT2D eigenvalue weighted by Crippen LogP contribution is 2.69. The lowest BCUT2D eigenvalue weighted by atomic mass is 9.84. The molecule has 3 aromatic rings. The second kappa shape index (κ2) is 11.6. The Balaban J connectivity index is 1.62. The van der Waals surface area contributed by atoms with Gasteiger partial charge in [-0.25, -0.2) is 4.79 Å². The molecule has 0 saturated heterocycles. The van der Waals surface area contributed by atoms with Gasteiger partial charge in [0.15, 0.2) is 0 Å². The number of hydrogen-bond acceptors (Lipinski definition) is 2. The van der Waals surface area contributed by atoms with E-state index in [0.717, 1.165) is 25.7 Å². The van der Waals surface area contributed by atoms with Crippen LogP contribution in [0.4, 0.5) is 13.2 Å². The van der Waals surface area contributed by atoms with Crippen molar-refractivity contribution in [2.24, 2.45) is 0 Å². The van der Waals surface area contributed by atoms with Gasteiger partial charge in [0.1, 0.15) is 0 Å². The van der Waals surface area contributed by atoms with Crippen LogP contribution < -0.4 is 0 Å². The van der Waals surface area contributed by atoms with Crippen LogP contribution in [-0.2, 0) is 8.98 Å². The lowest BCUT2D eigenvalue weighted by Gasteiger charge is -2.40. The molecule has 2 nitrogen and oxygen atoms in total. The van der Waals surface area contributed by atoms with Gasteiger partial charge in [-0.3, -0.25) is 0 Å². The third-order valence-electron chi connectivity index (χ3n) is 8.08. The first kappa shape index (κ1) is 26.9. The van der Waals surface area contributed by atoms with Gasteiger partial charge in [0.2, 0.25) is 0 Å². The Morgan fingerprint density at radius 1 is 0.605 bits per heavy atom. The molecular formula is C32H35F3O2S. The zero-order valence-corrected chi connectivity index (χ0v) is 22.4. The van der Waals surface area contributed by atoms with E-state index >= 15 is 0 Å². The molecule has 0 unspecified atom stereocenters. The molecule has 0 spiro atoms. The van der Waals surface area contributed by atoms with Crippen LogP contribution >= 0.6 is 10.3 Å². The SMILES string of the molecule is O=C(OS(c1ccccc1)(c1ccc(C2CCCCC2)cc1)c1ccc(C2CCCCC2)cc1)C(F)(F)F. The van der Waals surface area contributed by atoms with E-state index in [2.05, 4.69) is 0 Å². The summed E-state index contributed by atoms with van der Waals surface area (Å²) in [7, 11) is -2.98. The molecule has 5 rings (SSSR count). The van der Waals surface area contributed by atoms with E-state index < -0.39 is 22.5 Å². The third kappa shape index (κ3) is 5.66. The van der Waals surface area contributed by atoms with Crippen LogP contribution in [0.1, 0.15) is 87.2 Å². The van der Waals surface area contributed by atoms with Gasteiger partial charge < -0.3 is 4.18 Å². The summed E-state index contributed by atoms with van der Waals surface area (Å²) in [6, 6.07) is 24.5. The smallest absolute Gasteiger partial charge is 0.395 e. The average Bonchev–Trinajstić information content (AvgIpc) is 2.97. The average molecular weight is 541 g/mol. The normalized spacial score (nSPS) is 18.2. The summed E-state index contributed by atoms with van der Waals surface area (Å²) in [5, 5.41) is 0. The van der Waals surface area contributed by atoms with Crippen LogP contribution in [0.2, 0.25) is 0 Å². The van der Waals surface area contributed by atoms with Crippen molar-refractivity contribution in [1.29, 1.82) is 0 Å². The Kier molecular flexibility index (Phi) is 8.18. The molecule has 2 saturated carbocycles. The van der Waals surface area contributed by atoms with Crippen LogP contribution in [0.25, 0.3) is 0 Å². The van der Waals surface area contributed by atoms with Gasteiger partial charge >= 0.3 is 12.1 Å². The fraction of sp³-hybridized carbons (Fsp3) is 0.406. The summed E-state index contributed by atoms with van der Waals surface area (Å²) in [4.78, 5) is 14.2. The molecule has 0 heterocycles. The predicted molar refractivity (Wildman–Crippen MR) is 146 cm³/mol. The molecule has 0 amide bonds. The van der Waals surface area contributed by atoms with Gasteiger partial charge in [0, 0.05) is 14.7 Å². The predicted octanol–water partition coefficient (Wildman–Crippen LogP) is 10.1. The number of alkyl halides is 3. The minimum absolute atomic E-state index is 0.464. The van der Waals surface area contributed by atoms with Crippen molar-refractivity contribution < 1.29 is 22.1 Å². The van der Waals surface area contributed by atoms with E-state index in [9.17, 15) is 18.0 Å². The van der Waals surface area contributed by atoms with Crippen LogP contribution in [0.15, 0.2) is 93.5 Å². The summed E-state index contributed by atoms with van der Waals surface area (Å²) >= 11 is 0. The molecule has 0 aromatic heterocycles. The number of hydrogen-bond donors (Lipinski definition) is 0. The van der Waals surface area contributed by atoms with E-state index in [0.29, 0.717) is 26.5 Å². The molecule has 6 heteroatoms. The number of carbonyl (C=O) groups is 1. The van der Waals surface area contributed by atoms with Crippen molar-refractivity contribution in [2.75, 3.05) is 0 Å². The molecule has 3 aromatic carbocycles. The minimum atomic E-state index is -5.10. The molecule has 0 N–H and O–H groups in total. The lowest BCUT2D eigenvalue weighted by Crippen LogP contribution is -2.27. The Bertz CT molecular complexity index is 1130. The Labute approximate surface area is 225 Å². The van der Waals surface area contributed by atoms with Crippen LogP contribution in [-0.4, -0.2) is 12.1 Å². The molecule has 2 aliphatic carbocycles. The Hall–Kier alpha value is -2.73. The van der Waals surface area contributed by atoms with E-state index in [4.69, 9.17) is 4.18 Å². The summed E-state index contributed by atoms with van der Waals surface area (Å²) in [6.07, 6.45) is 6.69. The third-order valence-corrected chi connectivity index (χ3v) is 11.3. The highest BCUT2D eigenvalue weighted by molar-refractivity contribution is 8.30. The zero-order chi connectivity index (χ0) is 26.6. The van der Waals surface area contributed by atoms with Crippen molar-refractivity contribution >= 4 is 16.3 Å². The monoisotopic (exact) mass is 540 g/mol. The quantitative estimate of drug-likeness (QED) is 0.311. The fourth-order valence-electron chi connectivity index (χ4n) is 6.06. The van der Waals surface area contributed by atoms with E-state index in [1.54, 1.807) is 24.3 Å². The van der Waals surface area contributed by atoms with Crippen molar-refractivity contribution in [3.8, 4) is 0 Å². The first-order valence-electron chi connectivity index (χ1n) is 13.8. The van der Waals surface area contributed by atoms with E-state index in [1.807, 2.05) is 54.6 Å². The second-order valence-corrected chi connectivity index (χ2v) is 13.2. The molecule has 2 fully saturated rings. The summed E-state index contributed by atoms with van der Waals surface area (Å²) in [5.74, 6) is -1.23. The number of rotatable bonds is 6. The van der Waals surface area contributed by atoms with E-state index in [1.165, 1.54) is 49.7 Å². The van der Waals surface area contributed by atoms with Gasteiger partial charge in [-0.15, -0.1) is 0 Å². The van der Waals surface area contributed by atoms with E-state index in [-0.39, 0.29) is 0 Å². The maximum Gasteiger partial charge on any atom is 0.491 e. The first-order valence-corrected chi connectivity index (χ1v) is 15.3. The molecule has 0 atom stereocenters. The molecule has 2 aliphatic rings. The van der Waals surface area contributed by atoms with Gasteiger partial charge in [-0.1, -0.05) is 81.0 Å². The van der Waals surface area contributed by atoms with Crippen molar-refractivity contribution in [3.63, 3.8) is 0 Å².